The number of ether oxygens (including phenoxy) is 1. The van der Waals surface area contributed by atoms with E-state index in [-0.39, 0.29) is 17.1 Å². The quantitative estimate of drug-likeness (QED) is 0.132. The van der Waals surface area contributed by atoms with Crippen LogP contribution in [0.5, 0.6) is 5.75 Å². The van der Waals surface area contributed by atoms with E-state index in [1.807, 2.05) is 73.7 Å². The number of rotatable bonds is 7. The van der Waals surface area contributed by atoms with Gasteiger partial charge in [0.2, 0.25) is 0 Å². The van der Waals surface area contributed by atoms with Crippen LogP contribution in [-0.4, -0.2) is 27.7 Å². The maximum Gasteiger partial charge on any atom is 0.267 e. The van der Waals surface area contributed by atoms with Gasteiger partial charge in [-0.05, 0) is 79.3 Å². The topological polar surface area (TPSA) is 61.2 Å². The van der Waals surface area contributed by atoms with Gasteiger partial charge in [0.1, 0.15) is 10.6 Å². The van der Waals surface area contributed by atoms with Gasteiger partial charge in [0.05, 0.1) is 23.4 Å². The fourth-order valence-corrected chi connectivity index (χ4v) is 7.15. The van der Waals surface area contributed by atoms with Gasteiger partial charge in [-0.15, -0.1) is 11.3 Å². The number of carbonyl (C=O) groups excluding carboxylic acids is 1. The number of hydrogen-bond donors (Lipinski definition) is 0. The second-order valence-corrected chi connectivity index (χ2v) is 11.2. The molecule has 186 valence electrons. The van der Waals surface area contributed by atoms with E-state index in [0.29, 0.717) is 17.3 Å². The number of thioether (sulfide) groups is 1. The van der Waals surface area contributed by atoms with Crippen LogP contribution in [0.2, 0.25) is 0 Å². The van der Waals surface area contributed by atoms with E-state index in [0.717, 1.165) is 63.7 Å². The molecule has 0 amide bonds. The summed E-state index contributed by atoms with van der Waals surface area (Å²) in [4.78, 5) is 34.1. The Balaban J connectivity index is 1.39. The molecule has 2 heterocycles. The first-order valence-corrected chi connectivity index (χ1v) is 14.4. The van der Waals surface area contributed by atoms with Crippen molar-refractivity contribution < 1.29 is 9.53 Å². The van der Waals surface area contributed by atoms with Gasteiger partial charge < -0.3 is 4.74 Å². The molecular weight excluding hydrogens is 500 g/mol. The summed E-state index contributed by atoms with van der Waals surface area (Å²) >= 11 is 2.95. The maximum atomic E-state index is 14.0. The van der Waals surface area contributed by atoms with Crippen molar-refractivity contribution >= 4 is 49.9 Å². The Kier molecular flexibility index (Phi) is 6.57. The van der Waals surface area contributed by atoms with Crippen molar-refractivity contribution in [2.24, 2.45) is 0 Å². The van der Waals surface area contributed by atoms with E-state index >= 15 is 0 Å². The van der Waals surface area contributed by atoms with Crippen LogP contribution in [0.3, 0.4) is 0 Å². The number of nitrogens with zero attached hydrogens (tertiary/aromatic N) is 2. The van der Waals surface area contributed by atoms with Crippen LogP contribution in [0.15, 0.2) is 76.7 Å². The van der Waals surface area contributed by atoms with Gasteiger partial charge in [-0.1, -0.05) is 48.2 Å². The van der Waals surface area contributed by atoms with Crippen LogP contribution in [0, 0.1) is 0 Å². The molecule has 0 saturated carbocycles. The van der Waals surface area contributed by atoms with Crippen LogP contribution >= 0.6 is 23.1 Å². The van der Waals surface area contributed by atoms with Gasteiger partial charge in [-0.25, -0.2) is 4.98 Å². The summed E-state index contributed by atoms with van der Waals surface area (Å²) in [5, 5.41) is 3.41. The van der Waals surface area contributed by atoms with Crippen molar-refractivity contribution in [3.63, 3.8) is 0 Å². The summed E-state index contributed by atoms with van der Waals surface area (Å²) in [7, 11) is 0. The molecule has 5 aromatic rings. The summed E-state index contributed by atoms with van der Waals surface area (Å²) in [6.45, 7) is 2.52. The van der Waals surface area contributed by atoms with Crippen molar-refractivity contribution in [2.75, 3.05) is 12.4 Å². The Morgan fingerprint density at radius 3 is 2.62 bits per heavy atom. The Morgan fingerprint density at radius 1 is 1.03 bits per heavy atom. The number of carbonyl (C=O) groups is 1. The third-order valence-electron chi connectivity index (χ3n) is 6.77. The molecule has 0 N–H and O–H groups in total. The lowest BCUT2D eigenvalue weighted by Crippen LogP contribution is -2.22. The molecule has 0 unspecified atom stereocenters. The highest BCUT2D eigenvalue weighted by Crippen LogP contribution is 2.35. The molecule has 5 nitrogen and oxygen atoms in total. The largest absolute Gasteiger partial charge is 0.494 e. The van der Waals surface area contributed by atoms with Gasteiger partial charge in [-0.2, -0.15) is 0 Å². The molecule has 0 bridgehead atoms. The number of aryl methyl sites for hydroxylation is 2. The van der Waals surface area contributed by atoms with Crippen molar-refractivity contribution in [3.8, 4) is 11.4 Å². The molecule has 2 aromatic heterocycles. The number of ketones is 1. The summed E-state index contributed by atoms with van der Waals surface area (Å²) < 4.78 is 7.26. The van der Waals surface area contributed by atoms with Crippen LogP contribution in [0.4, 0.5) is 0 Å². The molecule has 0 atom stereocenters. The van der Waals surface area contributed by atoms with Gasteiger partial charge in [0.15, 0.2) is 10.9 Å². The zero-order valence-electron chi connectivity index (χ0n) is 20.5. The number of benzene rings is 3. The van der Waals surface area contributed by atoms with Gasteiger partial charge in [-0.3, -0.25) is 14.2 Å². The number of fused-ring (bicyclic) bond motifs is 4. The summed E-state index contributed by atoms with van der Waals surface area (Å²) in [6.07, 6.45) is 4.16. The second-order valence-electron chi connectivity index (χ2n) is 9.13. The zero-order chi connectivity index (χ0) is 25.4. The lowest BCUT2D eigenvalue weighted by Gasteiger charge is -2.14. The summed E-state index contributed by atoms with van der Waals surface area (Å²) in [5.74, 6) is 0.953. The first-order chi connectivity index (χ1) is 18.1. The molecule has 0 aliphatic heterocycles. The van der Waals surface area contributed by atoms with E-state index in [1.54, 1.807) is 15.9 Å². The highest BCUT2D eigenvalue weighted by Gasteiger charge is 2.23. The first kappa shape index (κ1) is 23.9. The zero-order valence-corrected chi connectivity index (χ0v) is 22.2. The van der Waals surface area contributed by atoms with E-state index in [1.165, 1.54) is 16.6 Å². The average molecular weight is 527 g/mol. The molecule has 1 aliphatic rings. The minimum absolute atomic E-state index is 0.00816. The predicted molar refractivity (Wildman–Crippen MR) is 152 cm³/mol. The number of thiophene rings is 1. The van der Waals surface area contributed by atoms with Crippen molar-refractivity contribution in [1.82, 2.24) is 9.55 Å². The van der Waals surface area contributed by atoms with Crippen LogP contribution in [-0.2, 0) is 12.8 Å². The Bertz CT molecular complexity index is 1690. The molecule has 0 spiro atoms. The van der Waals surface area contributed by atoms with Gasteiger partial charge >= 0.3 is 0 Å². The lowest BCUT2D eigenvalue weighted by atomic mass is 9.97. The maximum absolute atomic E-state index is 14.0. The standard InChI is InChI=1S/C30H26N2O3S2/c1-2-35-23-15-13-22(14-16-23)32-29(34)27-24-9-5-6-10-26(24)37-28(27)31-30(32)36-18-25(33)21-12-11-19-7-3-4-8-20(19)17-21/h3-4,7-8,11-17H,2,5-6,9-10,18H2,1H3. The smallest absolute Gasteiger partial charge is 0.267 e. The van der Waals surface area contributed by atoms with Crippen LogP contribution in [0.25, 0.3) is 26.7 Å². The number of aromatic nitrogens is 2. The van der Waals surface area contributed by atoms with Crippen molar-refractivity contribution in [3.05, 3.63) is 93.1 Å². The van der Waals surface area contributed by atoms with E-state index in [4.69, 9.17) is 9.72 Å². The van der Waals surface area contributed by atoms with Gasteiger partial charge in [0.25, 0.3) is 5.56 Å². The normalized spacial score (nSPS) is 13.1. The fraction of sp³-hybridized carbons (Fsp3) is 0.233. The highest BCUT2D eigenvalue weighted by molar-refractivity contribution is 7.99. The van der Waals surface area contributed by atoms with Crippen molar-refractivity contribution in [2.45, 2.75) is 37.8 Å². The highest BCUT2D eigenvalue weighted by atomic mass is 32.2. The Morgan fingerprint density at radius 2 is 1.81 bits per heavy atom. The molecule has 0 saturated heterocycles. The Hall–Kier alpha value is -3.42. The molecular formula is C30H26N2O3S2. The fourth-order valence-electron chi connectivity index (χ4n) is 4.95. The first-order valence-electron chi connectivity index (χ1n) is 12.6. The molecule has 3 aromatic carbocycles. The monoisotopic (exact) mass is 526 g/mol. The molecule has 0 fully saturated rings. The SMILES string of the molecule is CCOc1ccc(-n2c(SCC(=O)c3ccc4ccccc4c3)nc3sc4c(c3c2=O)CCCC4)cc1. The minimum atomic E-state index is -0.0609. The molecule has 7 heteroatoms. The summed E-state index contributed by atoms with van der Waals surface area (Å²) in [5.41, 5.74) is 2.48. The van der Waals surface area contributed by atoms with Crippen molar-refractivity contribution in [1.29, 1.82) is 0 Å². The predicted octanol–water partition coefficient (Wildman–Crippen LogP) is 6.85. The van der Waals surface area contributed by atoms with Crippen LogP contribution < -0.4 is 10.3 Å². The lowest BCUT2D eigenvalue weighted by molar-refractivity contribution is 0.102. The third-order valence-corrected chi connectivity index (χ3v) is 8.89. The Labute approximate surface area is 223 Å². The van der Waals surface area contributed by atoms with Gasteiger partial charge in [0, 0.05) is 10.4 Å². The average Bonchev–Trinajstić information content (AvgIpc) is 3.31. The second kappa shape index (κ2) is 10.1. The minimum Gasteiger partial charge on any atom is -0.494 e. The third kappa shape index (κ3) is 4.58. The van der Waals surface area contributed by atoms with E-state index in [9.17, 15) is 9.59 Å². The summed E-state index contributed by atoms with van der Waals surface area (Å²) in [6, 6.07) is 21.3. The number of Topliss-reactive ketones (excluding diaryl/α,β-unsaturated/α-hetero) is 1. The van der Waals surface area contributed by atoms with Crippen LogP contribution in [0.1, 0.15) is 40.6 Å². The number of hydrogen-bond acceptors (Lipinski definition) is 6. The van der Waals surface area contributed by atoms with E-state index in [2.05, 4.69) is 0 Å². The molecule has 37 heavy (non-hydrogen) atoms. The molecule has 6 rings (SSSR count). The van der Waals surface area contributed by atoms with E-state index < -0.39 is 0 Å². The molecule has 1 aliphatic carbocycles. The molecule has 0 radical (unpaired) electrons.